The Balaban J connectivity index is 1.82. The van der Waals surface area contributed by atoms with Gasteiger partial charge in [0, 0.05) is 18.9 Å². The number of rotatable bonds is 12. The molecule has 0 spiro atoms. The SMILES string of the molecule is CC(C)S(=O)(=O)CCCCCC(=O)Cc1cccc(S(=O)(=O)NC2CCCCC2)c1. The highest BCUT2D eigenvalue weighted by Crippen LogP contribution is 2.20. The molecule has 0 aromatic heterocycles. The number of carbonyl (C=O) groups is 1. The van der Waals surface area contributed by atoms with Crippen molar-refractivity contribution < 1.29 is 21.6 Å². The van der Waals surface area contributed by atoms with Crippen molar-refractivity contribution in [3.8, 4) is 0 Å². The van der Waals surface area contributed by atoms with Crippen LogP contribution in [0, 0.1) is 0 Å². The summed E-state index contributed by atoms with van der Waals surface area (Å²) in [6, 6.07) is 6.59. The van der Waals surface area contributed by atoms with E-state index in [1.165, 1.54) is 0 Å². The van der Waals surface area contributed by atoms with Crippen molar-refractivity contribution in [2.24, 2.45) is 0 Å². The Hall–Kier alpha value is -1.25. The summed E-state index contributed by atoms with van der Waals surface area (Å²) in [5.74, 6) is 0.198. The summed E-state index contributed by atoms with van der Waals surface area (Å²) in [6.45, 7) is 3.36. The van der Waals surface area contributed by atoms with Gasteiger partial charge in [0.15, 0.2) is 9.84 Å². The maximum Gasteiger partial charge on any atom is 0.240 e. The maximum atomic E-state index is 12.7. The van der Waals surface area contributed by atoms with Crippen LogP contribution < -0.4 is 4.72 Å². The second-order valence-electron chi connectivity index (χ2n) is 8.55. The predicted octanol–water partition coefficient (Wildman–Crippen LogP) is 3.79. The number of carbonyl (C=O) groups excluding carboxylic acids is 1. The fourth-order valence-corrected chi connectivity index (χ4v) is 6.14. The molecule has 30 heavy (non-hydrogen) atoms. The summed E-state index contributed by atoms with van der Waals surface area (Å²) >= 11 is 0. The van der Waals surface area contributed by atoms with Crippen molar-refractivity contribution >= 4 is 25.6 Å². The van der Waals surface area contributed by atoms with E-state index in [9.17, 15) is 21.6 Å². The number of sulfonamides is 1. The molecule has 1 saturated carbocycles. The first kappa shape index (κ1) is 25.0. The molecule has 1 aromatic carbocycles. The lowest BCUT2D eigenvalue weighted by molar-refractivity contribution is -0.118. The van der Waals surface area contributed by atoms with E-state index in [0.717, 1.165) is 32.1 Å². The first-order valence-electron chi connectivity index (χ1n) is 10.9. The van der Waals surface area contributed by atoms with Gasteiger partial charge in [-0.1, -0.05) is 37.8 Å². The molecular weight excluding hydrogens is 422 g/mol. The third kappa shape index (κ3) is 8.12. The monoisotopic (exact) mass is 457 g/mol. The fraction of sp³-hybridized carbons (Fsp3) is 0.682. The minimum absolute atomic E-state index is 0.00597. The maximum absolute atomic E-state index is 12.7. The highest BCUT2D eigenvalue weighted by atomic mass is 32.2. The van der Waals surface area contributed by atoms with Gasteiger partial charge < -0.3 is 0 Å². The van der Waals surface area contributed by atoms with Gasteiger partial charge >= 0.3 is 0 Å². The van der Waals surface area contributed by atoms with E-state index in [2.05, 4.69) is 4.72 Å². The van der Waals surface area contributed by atoms with Crippen molar-refractivity contribution in [2.45, 2.75) is 94.2 Å². The molecule has 0 heterocycles. The first-order valence-corrected chi connectivity index (χ1v) is 14.1. The molecule has 1 aromatic rings. The summed E-state index contributed by atoms with van der Waals surface area (Å²) in [5, 5.41) is -0.365. The van der Waals surface area contributed by atoms with Gasteiger partial charge in [0.25, 0.3) is 0 Å². The Bertz CT molecular complexity index is 901. The van der Waals surface area contributed by atoms with Crippen LogP contribution >= 0.6 is 0 Å². The Labute approximate surface area is 181 Å². The van der Waals surface area contributed by atoms with Gasteiger partial charge in [0.05, 0.1) is 15.9 Å². The standard InChI is InChI=1S/C22H35NO5S2/c1-18(2)29(25,26)15-8-4-7-13-21(24)16-19-10-9-14-22(17-19)30(27,28)23-20-11-5-3-6-12-20/h9-10,14,17-18,20,23H,3-8,11-13,15-16H2,1-2H3. The Morgan fingerprint density at radius 3 is 2.40 bits per heavy atom. The second-order valence-corrected chi connectivity index (χ2v) is 12.9. The van der Waals surface area contributed by atoms with Crippen molar-refractivity contribution in [3.05, 3.63) is 29.8 Å². The van der Waals surface area contributed by atoms with Gasteiger partial charge in [-0.25, -0.2) is 21.6 Å². The minimum atomic E-state index is -3.58. The topological polar surface area (TPSA) is 97.4 Å². The zero-order valence-electron chi connectivity index (χ0n) is 18.1. The Morgan fingerprint density at radius 2 is 1.73 bits per heavy atom. The quantitative estimate of drug-likeness (QED) is 0.482. The van der Waals surface area contributed by atoms with Crippen LogP contribution in [0.3, 0.4) is 0 Å². The van der Waals surface area contributed by atoms with E-state index < -0.39 is 19.9 Å². The van der Waals surface area contributed by atoms with Crippen LogP contribution in [0.25, 0.3) is 0 Å². The van der Waals surface area contributed by atoms with E-state index in [4.69, 9.17) is 0 Å². The van der Waals surface area contributed by atoms with E-state index in [1.54, 1.807) is 38.1 Å². The van der Waals surface area contributed by atoms with Crippen LogP contribution in [-0.2, 0) is 31.1 Å². The average molecular weight is 458 g/mol. The molecule has 0 aliphatic heterocycles. The molecule has 8 heteroatoms. The summed E-state index contributed by atoms with van der Waals surface area (Å²) < 4.78 is 51.7. The number of benzene rings is 1. The van der Waals surface area contributed by atoms with Crippen molar-refractivity contribution in [1.82, 2.24) is 4.72 Å². The third-order valence-corrected chi connectivity index (χ3v) is 9.45. The van der Waals surface area contributed by atoms with E-state index in [1.807, 2.05) is 0 Å². The van der Waals surface area contributed by atoms with E-state index >= 15 is 0 Å². The second kappa shape index (κ2) is 11.4. The number of nitrogens with one attached hydrogen (secondary N) is 1. The smallest absolute Gasteiger partial charge is 0.240 e. The van der Waals surface area contributed by atoms with Crippen molar-refractivity contribution in [1.29, 1.82) is 0 Å². The molecule has 0 bridgehead atoms. The zero-order valence-corrected chi connectivity index (χ0v) is 19.7. The largest absolute Gasteiger partial charge is 0.299 e. The molecule has 0 atom stereocenters. The lowest BCUT2D eigenvalue weighted by Crippen LogP contribution is -2.36. The molecule has 0 unspecified atom stereocenters. The molecule has 1 aliphatic rings. The van der Waals surface area contributed by atoms with Gasteiger partial charge in [-0.2, -0.15) is 0 Å². The highest BCUT2D eigenvalue weighted by molar-refractivity contribution is 7.92. The molecule has 2 rings (SSSR count). The number of unbranched alkanes of at least 4 members (excludes halogenated alkanes) is 2. The number of Topliss-reactive ketones (excluding diaryl/α,β-unsaturated/α-hetero) is 1. The van der Waals surface area contributed by atoms with Crippen LogP contribution in [0.15, 0.2) is 29.2 Å². The molecule has 170 valence electrons. The molecule has 0 amide bonds. The van der Waals surface area contributed by atoms with Gasteiger partial charge in [0.1, 0.15) is 5.78 Å². The Morgan fingerprint density at radius 1 is 1.03 bits per heavy atom. The molecule has 0 saturated heterocycles. The lowest BCUT2D eigenvalue weighted by atomic mass is 9.96. The van der Waals surface area contributed by atoms with Crippen LogP contribution in [-0.4, -0.2) is 39.7 Å². The molecule has 6 nitrogen and oxygen atoms in total. The molecule has 1 fully saturated rings. The normalized spacial score (nSPS) is 16.1. The number of sulfone groups is 1. The van der Waals surface area contributed by atoms with Gasteiger partial charge in [0.2, 0.25) is 10.0 Å². The van der Waals surface area contributed by atoms with Gasteiger partial charge in [-0.05, 0) is 57.2 Å². The summed E-state index contributed by atoms with van der Waals surface area (Å²) in [4.78, 5) is 12.5. The highest BCUT2D eigenvalue weighted by Gasteiger charge is 2.22. The van der Waals surface area contributed by atoms with Crippen LogP contribution in [0.2, 0.25) is 0 Å². The van der Waals surface area contributed by atoms with Crippen LogP contribution in [0.1, 0.15) is 77.2 Å². The lowest BCUT2D eigenvalue weighted by Gasteiger charge is -2.22. The summed E-state index contributed by atoms with van der Waals surface area (Å²) in [7, 11) is -6.61. The zero-order chi connectivity index (χ0) is 22.2. The minimum Gasteiger partial charge on any atom is -0.299 e. The van der Waals surface area contributed by atoms with E-state index in [-0.39, 0.29) is 34.1 Å². The third-order valence-electron chi connectivity index (χ3n) is 5.64. The first-order chi connectivity index (χ1) is 14.1. The fourth-order valence-electron chi connectivity index (χ4n) is 3.68. The van der Waals surface area contributed by atoms with Crippen molar-refractivity contribution in [3.63, 3.8) is 0 Å². The van der Waals surface area contributed by atoms with Gasteiger partial charge in [-0.3, -0.25) is 4.79 Å². The number of hydrogen-bond acceptors (Lipinski definition) is 5. The molecule has 1 N–H and O–H groups in total. The van der Waals surface area contributed by atoms with Gasteiger partial charge in [-0.15, -0.1) is 0 Å². The number of hydrogen-bond donors (Lipinski definition) is 1. The van der Waals surface area contributed by atoms with Crippen LogP contribution in [0.5, 0.6) is 0 Å². The van der Waals surface area contributed by atoms with Crippen molar-refractivity contribution in [2.75, 3.05) is 5.75 Å². The summed E-state index contributed by atoms with van der Waals surface area (Å²) in [5.41, 5.74) is 0.689. The van der Waals surface area contributed by atoms with Crippen LogP contribution in [0.4, 0.5) is 0 Å². The molecular formula is C22H35NO5S2. The average Bonchev–Trinajstić information content (AvgIpc) is 2.68. The Kier molecular flexibility index (Phi) is 9.50. The molecule has 1 aliphatic carbocycles. The predicted molar refractivity (Wildman–Crippen MR) is 120 cm³/mol. The molecule has 0 radical (unpaired) electrons. The van der Waals surface area contributed by atoms with E-state index in [0.29, 0.717) is 31.2 Å². The summed E-state index contributed by atoms with van der Waals surface area (Å²) in [6.07, 6.45) is 7.46. The number of ketones is 1.